The Bertz CT molecular complexity index is 1070. The molecule has 30 heavy (non-hydrogen) atoms. The number of amides is 1. The number of rotatable bonds is 8. The third-order valence-electron chi connectivity index (χ3n) is 5.39. The highest BCUT2D eigenvalue weighted by Crippen LogP contribution is 2.37. The van der Waals surface area contributed by atoms with E-state index in [4.69, 9.17) is 27.8 Å². The molecule has 7 heteroatoms. The van der Waals surface area contributed by atoms with E-state index < -0.39 is 11.8 Å². The van der Waals surface area contributed by atoms with Crippen LogP contribution in [0.1, 0.15) is 46.8 Å². The van der Waals surface area contributed by atoms with Crippen LogP contribution in [0.3, 0.4) is 0 Å². The van der Waals surface area contributed by atoms with Gasteiger partial charge in [0.05, 0.1) is 18.5 Å². The molecule has 0 aliphatic carbocycles. The minimum Gasteiger partial charge on any atom is -0.497 e. The second kappa shape index (κ2) is 9.32. The van der Waals surface area contributed by atoms with E-state index in [9.17, 15) is 9.59 Å². The molecule has 0 bridgehead atoms. The van der Waals surface area contributed by atoms with Crippen molar-refractivity contribution in [2.24, 2.45) is 11.5 Å². The maximum absolute atomic E-state index is 13.4. The van der Waals surface area contributed by atoms with Gasteiger partial charge in [-0.3, -0.25) is 14.2 Å². The van der Waals surface area contributed by atoms with Crippen molar-refractivity contribution in [1.29, 1.82) is 0 Å². The predicted octanol–water partition coefficient (Wildman–Crippen LogP) is 4.00. The summed E-state index contributed by atoms with van der Waals surface area (Å²) in [5.74, 6) is -0.498. The van der Waals surface area contributed by atoms with Crippen LogP contribution in [0.25, 0.3) is 10.9 Å². The fourth-order valence-corrected chi connectivity index (χ4v) is 4.02. The molecule has 2 aromatic carbocycles. The summed E-state index contributed by atoms with van der Waals surface area (Å²) in [5.41, 5.74) is 14.1. The number of methoxy groups -OCH3 is 1. The van der Waals surface area contributed by atoms with Gasteiger partial charge in [-0.2, -0.15) is 0 Å². The largest absolute Gasteiger partial charge is 0.497 e. The van der Waals surface area contributed by atoms with E-state index in [-0.39, 0.29) is 5.91 Å². The van der Waals surface area contributed by atoms with Crippen LogP contribution in [0.15, 0.2) is 42.5 Å². The third-order valence-corrected chi connectivity index (χ3v) is 5.65. The molecule has 1 amide bonds. The zero-order valence-corrected chi connectivity index (χ0v) is 17.9. The van der Waals surface area contributed by atoms with Gasteiger partial charge in [-0.25, -0.2) is 0 Å². The molecule has 6 nitrogen and oxygen atoms in total. The Morgan fingerprint density at radius 3 is 2.43 bits per heavy atom. The average molecular weight is 428 g/mol. The molecule has 1 heterocycles. The van der Waals surface area contributed by atoms with E-state index in [1.54, 1.807) is 42.0 Å². The lowest BCUT2D eigenvalue weighted by molar-refractivity contribution is -0.119. The normalized spacial score (nSPS) is 12.1. The van der Waals surface area contributed by atoms with Gasteiger partial charge in [-0.15, -0.1) is 0 Å². The first-order chi connectivity index (χ1) is 14.4. The first-order valence-electron chi connectivity index (χ1n) is 9.87. The van der Waals surface area contributed by atoms with E-state index in [0.717, 1.165) is 23.8 Å². The molecule has 0 aliphatic rings. The summed E-state index contributed by atoms with van der Waals surface area (Å²) in [6.07, 6.45) is 2.14. The maximum Gasteiger partial charge on any atom is 0.262 e. The summed E-state index contributed by atoms with van der Waals surface area (Å²) in [4.78, 5) is 25.8. The van der Waals surface area contributed by atoms with Crippen LogP contribution in [-0.2, 0) is 4.79 Å². The van der Waals surface area contributed by atoms with Crippen LogP contribution in [0.2, 0.25) is 5.02 Å². The molecule has 0 radical (unpaired) electrons. The standard InChI is InChI=1S/C23H26ClN3O3/c1-14-21(18(22(26)28)5-3-4-12-25)19-13-17(30-2)10-11-20(19)27(14)23(29)15-6-8-16(24)9-7-15/h6-11,13,18H,3-5,12,25H2,1-2H3,(H2,26,28). The highest BCUT2D eigenvalue weighted by molar-refractivity contribution is 6.30. The number of unbranched alkanes of at least 4 members (excludes halogenated alkanes) is 1. The molecule has 3 aromatic rings. The number of carbonyl (C=O) groups is 2. The molecule has 1 aromatic heterocycles. The number of hydrogen-bond acceptors (Lipinski definition) is 4. The lowest BCUT2D eigenvalue weighted by Gasteiger charge is -2.15. The fourth-order valence-electron chi connectivity index (χ4n) is 3.89. The SMILES string of the molecule is COc1ccc2c(c1)c(C(CCCCN)C(N)=O)c(C)n2C(=O)c1ccc(Cl)cc1. The van der Waals surface area contributed by atoms with Crippen LogP contribution in [0, 0.1) is 6.92 Å². The van der Waals surface area contributed by atoms with Crippen molar-refractivity contribution in [3.63, 3.8) is 0 Å². The first-order valence-corrected chi connectivity index (χ1v) is 10.3. The van der Waals surface area contributed by atoms with E-state index in [1.807, 2.05) is 19.1 Å². The Morgan fingerprint density at radius 1 is 1.13 bits per heavy atom. The van der Waals surface area contributed by atoms with E-state index >= 15 is 0 Å². The van der Waals surface area contributed by atoms with Gasteiger partial charge in [0, 0.05) is 21.7 Å². The molecule has 0 fully saturated rings. The fraction of sp³-hybridized carbons (Fsp3) is 0.304. The number of hydrogen-bond donors (Lipinski definition) is 2. The van der Waals surface area contributed by atoms with E-state index in [1.165, 1.54) is 0 Å². The third kappa shape index (κ3) is 4.20. The van der Waals surface area contributed by atoms with Gasteiger partial charge in [-0.1, -0.05) is 18.0 Å². The molecule has 4 N–H and O–H groups in total. The van der Waals surface area contributed by atoms with E-state index in [2.05, 4.69) is 0 Å². The van der Waals surface area contributed by atoms with Gasteiger partial charge in [0.25, 0.3) is 5.91 Å². The highest BCUT2D eigenvalue weighted by atomic mass is 35.5. The van der Waals surface area contributed by atoms with Crippen molar-refractivity contribution in [3.8, 4) is 5.75 Å². The van der Waals surface area contributed by atoms with Crippen molar-refractivity contribution in [1.82, 2.24) is 4.57 Å². The Kier molecular flexibility index (Phi) is 6.80. The molecular weight excluding hydrogens is 402 g/mol. The maximum atomic E-state index is 13.4. The predicted molar refractivity (Wildman–Crippen MR) is 119 cm³/mol. The molecule has 0 saturated carbocycles. The Morgan fingerprint density at radius 2 is 1.83 bits per heavy atom. The first kappa shape index (κ1) is 21.9. The van der Waals surface area contributed by atoms with E-state index in [0.29, 0.717) is 40.5 Å². The Labute approximate surface area is 180 Å². The molecular formula is C23H26ClN3O3. The highest BCUT2D eigenvalue weighted by Gasteiger charge is 2.28. The number of fused-ring (bicyclic) bond motifs is 1. The lowest BCUT2D eigenvalue weighted by atomic mass is 9.90. The van der Waals surface area contributed by atoms with Crippen LogP contribution < -0.4 is 16.2 Å². The minimum atomic E-state index is -0.523. The number of nitrogens with zero attached hydrogens (tertiary/aromatic N) is 1. The molecule has 158 valence electrons. The van der Waals surface area contributed by atoms with Crippen LogP contribution >= 0.6 is 11.6 Å². The van der Waals surface area contributed by atoms with Gasteiger partial charge < -0.3 is 16.2 Å². The van der Waals surface area contributed by atoms with Gasteiger partial charge >= 0.3 is 0 Å². The summed E-state index contributed by atoms with van der Waals surface area (Å²) >= 11 is 5.97. The zero-order valence-electron chi connectivity index (χ0n) is 17.2. The molecule has 1 atom stereocenters. The number of ether oxygens (including phenoxy) is 1. The van der Waals surface area contributed by atoms with Gasteiger partial charge in [-0.05, 0) is 74.3 Å². The van der Waals surface area contributed by atoms with Crippen LogP contribution in [0.4, 0.5) is 0 Å². The summed E-state index contributed by atoms with van der Waals surface area (Å²) < 4.78 is 7.01. The topological polar surface area (TPSA) is 100 Å². The van der Waals surface area contributed by atoms with Crippen molar-refractivity contribution in [3.05, 3.63) is 64.3 Å². The molecule has 1 unspecified atom stereocenters. The van der Waals surface area contributed by atoms with Crippen molar-refractivity contribution in [2.45, 2.75) is 32.1 Å². The number of aromatic nitrogens is 1. The van der Waals surface area contributed by atoms with Crippen molar-refractivity contribution >= 4 is 34.3 Å². The Hall–Kier alpha value is -2.83. The molecule has 0 saturated heterocycles. The number of primary amides is 1. The smallest absolute Gasteiger partial charge is 0.262 e. The lowest BCUT2D eigenvalue weighted by Crippen LogP contribution is -2.23. The number of carbonyl (C=O) groups excluding carboxylic acids is 2. The summed E-state index contributed by atoms with van der Waals surface area (Å²) in [6, 6.07) is 12.2. The summed E-state index contributed by atoms with van der Waals surface area (Å²) in [6.45, 7) is 2.39. The van der Waals surface area contributed by atoms with Gasteiger partial charge in [0.1, 0.15) is 5.75 Å². The molecule has 3 rings (SSSR count). The monoisotopic (exact) mass is 427 g/mol. The van der Waals surface area contributed by atoms with Crippen molar-refractivity contribution < 1.29 is 14.3 Å². The number of halogens is 1. The average Bonchev–Trinajstić information content (AvgIpc) is 3.02. The summed E-state index contributed by atoms with van der Waals surface area (Å²) in [7, 11) is 1.58. The second-order valence-electron chi connectivity index (χ2n) is 7.27. The molecule has 0 aliphatic heterocycles. The minimum absolute atomic E-state index is 0.198. The summed E-state index contributed by atoms with van der Waals surface area (Å²) in [5, 5.41) is 1.34. The number of benzene rings is 2. The second-order valence-corrected chi connectivity index (χ2v) is 7.71. The molecule has 0 spiro atoms. The number of nitrogens with two attached hydrogens (primary N) is 2. The van der Waals surface area contributed by atoms with Crippen molar-refractivity contribution in [2.75, 3.05) is 13.7 Å². The zero-order chi connectivity index (χ0) is 21.8. The van der Waals surface area contributed by atoms with Crippen LogP contribution in [0.5, 0.6) is 5.75 Å². The van der Waals surface area contributed by atoms with Crippen LogP contribution in [-0.4, -0.2) is 30.0 Å². The quantitative estimate of drug-likeness (QED) is 0.530. The Balaban J connectivity index is 2.21. The van der Waals surface area contributed by atoms with Gasteiger partial charge in [0.2, 0.25) is 5.91 Å². The van der Waals surface area contributed by atoms with Gasteiger partial charge in [0.15, 0.2) is 0 Å².